The molecule has 0 saturated carbocycles. The highest BCUT2D eigenvalue weighted by molar-refractivity contribution is 9.10. The SMILES string of the molecule is CNCC(O)Cn1cc([N+](=O)[O-])cc(Br)c1=O. The highest BCUT2D eigenvalue weighted by Crippen LogP contribution is 2.14. The van der Waals surface area contributed by atoms with E-state index in [4.69, 9.17) is 0 Å². The molecule has 0 amide bonds. The van der Waals surface area contributed by atoms with Crippen LogP contribution >= 0.6 is 15.9 Å². The van der Waals surface area contributed by atoms with E-state index in [0.29, 0.717) is 6.54 Å². The second kappa shape index (κ2) is 5.89. The Balaban J connectivity index is 3.06. The number of aliphatic hydroxyl groups excluding tert-OH is 1. The molecule has 1 aromatic rings. The zero-order valence-corrected chi connectivity index (χ0v) is 10.7. The first-order valence-electron chi connectivity index (χ1n) is 4.82. The van der Waals surface area contributed by atoms with Gasteiger partial charge in [0.05, 0.1) is 28.2 Å². The minimum atomic E-state index is -0.786. The molecule has 1 aromatic heterocycles. The number of likely N-dealkylation sites (N-methyl/N-ethyl adjacent to an activating group) is 1. The first-order valence-corrected chi connectivity index (χ1v) is 5.62. The number of hydrogen-bond donors (Lipinski definition) is 2. The average Bonchev–Trinajstić information content (AvgIpc) is 2.24. The summed E-state index contributed by atoms with van der Waals surface area (Å²) in [7, 11) is 1.66. The molecular formula is C9H12BrN3O4. The van der Waals surface area contributed by atoms with E-state index in [2.05, 4.69) is 21.2 Å². The van der Waals surface area contributed by atoms with Gasteiger partial charge in [0.15, 0.2) is 0 Å². The van der Waals surface area contributed by atoms with Gasteiger partial charge in [-0.3, -0.25) is 14.9 Å². The molecule has 0 aliphatic rings. The summed E-state index contributed by atoms with van der Waals surface area (Å²) in [5.41, 5.74) is -0.612. The quantitative estimate of drug-likeness (QED) is 0.594. The first kappa shape index (κ1) is 13.8. The Hall–Kier alpha value is -1.25. The molecule has 0 radical (unpaired) electrons. The van der Waals surface area contributed by atoms with Crippen molar-refractivity contribution in [1.29, 1.82) is 0 Å². The second-order valence-electron chi connectivity index (χ2n) is 3.47. The molecule has 1 atom stereocenters. The second-order valence-corrected chi connectivity index (χ2v) is 4.33. The average molecular weight is 306 g/mol. The van der Waals surface area contributed by atoms with Gasteiger partial charge >= 0.3 is 0 Å². The fourth-order valence-electron chi connectivity index (χ4n) is 1.35. The van der Waals surface area contributed by atoms with Crippen LogP contribution in [0.1, 0.15) is 0 Å². The zero-order valence-electron chi connectivity index (χ0n) is 9.09. The Morgan fingerprint density at radius 3 is 2.88 bits per heavy atom. The number of aromatic nitrogens is 1. The van der Waals surface area contributed by atoms with Gasteiger partial charge < -0.3 is 15.0 Å². The van der Waals surface area contributed by atoms with Crippen LogP contribution in [0.3, 0.4) is 0 Å². The Bertz CT molecular complexity index is 474. The van der Waals surface area contributed by atoms with Crippen molar-refractivity contribution < 1.29 is 10.0 Å². The molecule has 94 valence electrons. The van der Waals surface area contributed by atoms with Crippen LogP contribution in [0.4, 0.5) is 5.69 Å². The molecule has 2 N–H and O–H groups in total. The third kappa shape index (κ3) is 3.62. The highest BCUT2D eigenvalue weighted by Gasteiger charge is 2.14. The van der Waals surface area contributed by atoms with Gasteiger partial charge in [-0.15, -0.1) is 0 Å². The lowest BCUT2D eigenvalue weighted by Gasteiger charge is -2.12. The molecule has 0 fully saturated rings. The maximum atomic E-state index is 11.6. The lowest BCUT2D eigenvalue weighted by molar-refractivity contribution is -0.385. The third-order valence-corrected chi connectivity index (χ3v) is 2.65. The summed E-state index contributed by atoms with van der Waals surface area (Å²) in [5.74, 6) is 0. The number of nitro groups is 1. The predicted molar refractivity (Wildman–Crippen MR) is 65.0 cm³/mol. The third-order valence-electron chi connectivity index (χ3n) is 2.09. The van der Waals surface area contributed by atoms with Gasteiger partial charge in [0.1, 0.15) is 0 Å². The predicted octanol–water partition coefficient (Wildman–Crippen LogP) is 0.0993. The summed E-state index contributed by atoms with van der Waals surface area (Å²) >= 11 is 2.96. The fourth-order valence-corrected chi connectivity index (χ4v) is 1.81. The summed E-state index contributed by atoms with van der Waals surface area (Å²) in [6.45, 7) is 0.298. The van der Waals surface area contributed by atoms with Crippen LogP contribution in [0, 0.1) is 10.1 Å². The lowest BCUT2D eigenvalue weighted by atomic mass is 10.3. The number of hydrogen-bond acceptors (Lipinski definition) is 5. The van der Waals surface area contributed by atoms with E-state index in [-0.39, 0.29) is 16.7 Å². The smallest absolute Gasteiger partial charge is 0.286 e. The van der Waals surface area contributed by atoms with Crippen molar-refractivity contribution in [2.75, 3.05) is 13.6 Å². The van der Waals surface area contributed by atoms with E-state index in [0.717, 1.165) is 16.8 Å². The molecule has 17 heavy (non-hydrogen) atoms. The van der Waals surface area contributed by atoms with Crippen molar-refractivity contribution in [3.05, 3.63) is 37.2 Å². The number of aliphatic hydroxyl groups is 1. The molecule has 7 nitrogen and oxygen atoms in total. The van der Waals surface area contributed by atoms with Crippen LogP contribution in [-0.2, 0) is 6.54 Å². The summed E-state index contributed by atoms with van der Waals surface area (Å²) < 4.78 is 1.22. The van der Waals surface area contributed by atoms with E-state index in [1.54, 1.807) is 7.05 Å². The van der Waals surface area contributed by atoms with Crippen LogP contribution in [0.2, 0.25) is 0 Å². The maximum Gasteiger partial charge on any atom is 0.286 e. The normalized spacial score (nSPS) is 12.4. The van der Waals surface area contributed by atoms with E-state index >= 15 is 0 Å². The Morgan fingerprint density at radius 2 is 2.35 bits per heavy atom. The lowest BCUT2D eigenvalue weighted by Crippen LogP contribution is -2.32. The van der Waals surface area contributed by atoms with Crippen LogP contribution in [0.5, 0.6) is 0 Å². The van der Waals surface area contributed by atoms with Crippen LogP contribution in [0.15, 0.2) is 21.5 Å². The number of nitrogens with one attached hydrogen (secondary N) is 1. The van der Waals surface area contributed by atoms with E-state index < -0.39 is 16.6 Å². The molecule has 1 unspecified atom stereocenters. The zero-order chi connectivity index (χ0) is 13.0. The summed E-state index contributed by atoms with van der Waals surface area (Å²) in [4.78, 5) is 21.7. The van der Waals surface area contributed by atoms with Crippen molar-refractivity contribution in [2.45, 2.75) is 12.6 Å². The minimum Gasteiger partial charge on any atom is -0.390 e. The summed E-state index contributed by atoms with van der Waals surface area (Å²) in [6.07, 6.45) is 0.331. The van der Waals surface area contributed by atoms with Gasteiger partial charge in [-0.2, -0.15) is 0 Å². The van der Waals surface area contributed by atoms with Crippen molar-refractivity contribution in [1.82, 2.24) is 9.88 Å². The van der Waals surface area contributed by atoms with Crippen molar-refractivity contribution in [3.8, 4) is 0 Å². The molecule has 0 aliphatic carbocycles. The van der Waals surface area contributed by atoms with Crippen LogP contribution in [-0.4, -0.2) is 34.3 Å². The summed E-state index contributed by atoms with van der Waals surface area (Å²) in [5, 5.41) is 22.9. The molecule has 0 aliphatic heterocycles. The molecule has 1 rings (SSSR count). The molecule has 8 heteroatoms. The van der Waals surface area contributed by atoms with Gasteiger partial charge in [0.25, 0.3) is 11.2 Å². The summed E-state index contributed by atoms with van der Waals surface area (Å²) in [6, 6.07) is 1.14. The monoisotopic (exact) mass is 305 g/mol. The fraction of sp³-hybridized carbons (Fsp3) is 0.444. The van der Waals surface area contributed by atoms with Gasteiger partial charge in [-0.05, 0) is 23.0 Å². The number of nitrogens with zero attached hydrogens (tertiary/aromatic N) is 2. The van der Waals surface area contributed by atoms with Crippen molar-refractivity contribution in [2.24, 2.45) is 0 Å². The van der Waals surface area contributed by atoms with Gasteiger partial charge in [0.2, 0.25) is 0 Å². The highest BCUT2D eigenvalue weighted by atomic mass is 79.9. The molecule has 0 bridgehead atoms. The number of halogens is 1. The number of rotatable bonds is 5. The van der Waals surface area contributed by atoms with Gasteiger partial charge in [-0.1, -0.05) is 0 Å². The van der Waals surface area contributed by atoms with E-state index in [9.17, 15) is 20.0 Å². The number of pyridine rings is 1. The molecule has 0 saturated heterocycles. The molecule has 0 aromatic carbocycles. The molecule has 0 spiro atoms. The maximum absolute atomic E-state index is 11.6. The van der Waals surface area contributed by atoms with Crippen LogP contribution in [0.25, 0.3) is 0 Å². The van der Waals surface area contributed by atoms with Crippen molar-refractivity contribution in [3.63, 3.8) is 0 Å². The Kier molecular flexibility index (Phi) is 4.79. The van der Waals surface area contributed by atoms with Crippen LogP contribution < -0.4 is 10.9 Å². The van der Waals surface area contributed by atoms with Gasteiger partial charge in [0, 0.05) is 12.6 Å². The largest absolute Gasteiger partial charge is 0.390 e. The molecule has 1 heterocycles. The van der Waals surface area contributed by atoms with E-state index in [1.807, 2.05) is 0 Å². The van der Waals surface area contributed by atoms with Crippen molar-refractivity contribution >= 4 is 21.6 Å². The van der Waals surface area contributed by atoms with Gasteiger partial charge in [-0.25, -0.2) is 0 Å². The Labute approximate surface area is 105 Å². The Morgan fingerprint density at radius 1 is 1.71 bits per heavy atom. The van der Waals surface area contributed by atoms with E-state index in [1.165, 1.54) is 0 Å². The standard InChI is InChI=1S/C9H12BrN3O4/c1-11-3-7(14)5-12-4-6(13(16)17)2-8(10)9(12)15/h2,4,7,11,14H,3,5H2,1H3. The topological polar surface area (TPSA) is 97.4 Å². The minimum absolute atomic E-state index is 0.0000463. The first-order chi connectivity index (χ1) is 7.95. The molecular weight excluding hydrogens is 294 g/mol.